The molecule has 0 aliphatic heterocycles. The van der Waals surface area contributed by atoms with Crippen molar-refractivity contribution in [1.82, 2.24) is 9.03 Å². The molecule has 0 aliphatic carbocycles. The summed E-state index contributed by atoms with van der Waals surface area (Å²) in [6.07, 6.45) is 0. The van der Waals surface area contributed by atoms with E-state index in [1.165, 1.54) is 4.31 Å². The Bertz CT molecular complexity index is 558. The van der Waals surface area contributed by atoms with Crippen molar-refractivity contribution in [1.29, 1.82) is 0 Å². The van der Waals surface area contributed by atoms with E-state index in [9.17, 15) is 13.2 Å². The van der Waals surface area contributed by atoms with Gasteiger partial charge in [0.25, 0.3) is 10.2 Å². The molecule has 0 heterocycles. The number of nitrogens with zero attached hydrogens (tertiary/aromatic N) is 1. The van der Waals surface area contributed by atoms with Crippen LogP contribution in [0.4, 0.5) is 0 Å². The average molecular weight is 314 g/mol. The molecule has 0 unspecified atom stereocenters. The Balaban J connectivity index is 2.90. The van der Waals surface area contributed by atoms with Gasteiger partial charge in [0.15, 0.2) is 0 Å². The van der Waals surface area contributed by atoms with E-state index < -0.39 is 22.2 Å². The Kier molecular flexibility index (Phi) is 6.32. The predicted molar refractivity (Wildman–Crippen MR) is 80.8 cm³/mol. The Labute approximate surface area is 126 Å². The maximum Gasteiger partial charge on any atom is 0.322 e. The van der Waals surface area contributed by atoms with Crippen LogP contribution >= 0.6 is 0 Å². The van der Waals surface area contributed by atoms with Crippen LogP contribution < -0.4 is 4.72 Å². The third-order valence-electron chi connectivity index (χ3n) is 3.10. The number of rotatable bonds is 8. The lowest BCUT2D eigenvalue weighted by molar-refractivity contribution is -0.140. The van der Waals surface area contributed by atoms with Crippen LogP contribution in [0.5, 0.6) is 0 Å². The number of aliphatic carboxylic acids is 1. The zero-order valence-corrected chi connectivity index (χ0v) is 13.3. The summed E-state index contributed by atoms with van der Waals surface area (Å²) in [4.78, 5) is 11.1. The van der Waals surface area contributed by atoms with Gasteiger partial charge in [0.1, 0.15) is 6.04 Å². The summed E-state index contributed by atoms with van der Waals surface area (Å²) >= 11 is 0. The van der Waals surface area contributed by atoms with E-state index in [1.807, 2.05) is 30.3 Å². The summed E-state index contributed by atoms with van der Waals surface area (Å²) in [6, 6.07) is 8.03. The average Bonchev–Trinajstić information content (AvgIpc) is 2.42. The van der Waals surface area contributed by atoms with Gasteiger partial charge >= 0.3 is 5.97 Å². The van der Waals surface area contributed by atoms with Crippen LogP contribution in [0.3, 0.4) is 0 Å². The fraction of sp³-hybridized carbons (Fsp3) is 0.500. The normalized spacial score (nSPS) is 13.6. The van der Waals surface area contributed by atoms with Crippen LogP contribution in [-0.2, 0) is 21.5 Å². The van der Waals surface area contributed by atoms with E-state index in [2.05, 4.69) is 4.72 Å². The molecule has 0 spiro atoms. The Morgan fingerprint density at radius 3 is 2.29 bits per heavy atom. The molecule has 0 radical (unpaired) electrons. The third-order valence-corrected chi connectivity index (χ3v) is 4.72. The predicted octanol–water partition coefficient (Wildman–Crippen LogP) is 1.45. The minimum absolute atomic E-state index is 0.205. The highest BCUT2D eigenvalue weighted by Crippen LogP contribution is 2.11. The van der Waals surface area contributed by atoms with Crippen LogP contribution in [0, 0.1) is 5.92 Å². The second kappa shape index (κ2) is 7.53. The maximum atomic E-state index is 12.3. The lowest BCUT2D eigenvalue weighted by atomic mass is 10.1. The van der Waals surface area contributed by atoms with E-state index >= 15 is 0 Å². The molecule has 0 saturated heterocycles. The van der Waals surface area contributed by atoms with Gasteiger partial charge in [-0.05, 0) is 11.5 Å². The monoisotopic (exact) mass is 314 g/mol. The maximum absolute atomic E-state index is 12.3. The molecule has 2 N–H and O–H groups in total. The molecule has 0 aromatic heterocycles. The van der Waals surface area contributed by atoms with Crippen molar-refractivity contribution in [2.24, 2.45) is 5.92 Å². The number of carboxylic acid groups (broad SMARTS) is 1. The second-order valence-electron chi connectivity index (χ2n) is 5.09. The zero-order valence-electron chi connectivity index (χ0n) is 12.5. The van der Waals surface area contributed by atoms with Gasteiger partial charge in [-0.2, -0.15) is 17.4 Å². The highest BCUT2D eigenvalue weighted by molar-refractivity contribution is 7.87. The molecule has 6 nitrogen and oxygen atoms in total. The highest BCUT2D eigenvalue weighted by atomic mass is 32.2. The van der Waals surface area contributed by atoms with E-state index in [-0.39, 0.29) is 19.0 Å². The van der Waals surface area contributed by atoms with Gasteiger partial charge in [-0.1, -0.05) is 51.1 Å². The third kappa shape index (κ3) is 5.11. The summed E-state index contributed by atoms with van der Waals surface area (Å²) in [5, 5.41) is 9.11. The topological polar surface area (TPSA) is 86.7 Å². The zero-order chi connectivity index (χ0) is 16.0. The Morgan fingerprint density at radius 2 is 1.86 bits per heavy atom. The molecule has 0 bridgehead atoms. The fourth-order valence-electron chi connectivity index (χ4n) is 1.86. The molecular formula is C14H22N2O4S. The van der Waals surface area contributed by atoms with Gasteiger partial charge in [-0.3, -0.25) is 4.79 Å². The summed E-state index contributed by atoms with van der Waals surface area (Å²) in [7, 11) is -3.86. The van der Waals surface area contributed by atoms with E-state index in [1.54, 1.807) is 20.8 Å². The first-order valence-electron chi connectivity index (χ1n) is 6.82. The van der Waals surface area contributed by atoms with Gasteiger partial charge < -0.3 is 5.11 Å². The van der Waals surface area contributed by atoms with Gasteiger partial charge in [-0.25, -0.2) is 0 Å². The number of carbonyl (C=O) groups is 1. The molecule has 1 aromatic rings. The van der Waals surface area contributed by atoms with Crippen LogP contribution in [0.1, 0.15) is 26.3 Å². The van der Waals surface area contributed by atoms with Crippen LogP contribution in [0.2, 0.25) is 0 Å². The molecular weight excluding hydrogens is 292 g/mol. The molecule has 1 aromatic carbocycles. The summed E-state index contributed by atoms with van der Waals surface area (Å²) in [6.45, 7) is 5.50. The van der Waals surface area contributed by atoms with Gasteiger partial charge in [0, 0.05) is 13.1 Å². The summed E-state index contributed by atoms with van der Waals surface area (Å²) in [5.41, 5.74) is 0.848. The van der Waals surface area contributed by atoms with Gasteiger partial charge in [-0.15, -0.1) is 0 Å². The van der Waals surface area contributed by atoms with E-state index in [0.717, 1.165) is 5.56 Å². The Hall–Kier alpha value is -1.44. The molecule has 1 rings (SSSR count). The standard InChI is InChI=1S/C14H22N2O4S/c1-4-16(10-12-8-6-5-7-9-12)21(19,20)15-13(11(2)3)14(17)18/h5-9,11,13,15H,4,10H2,1-3H3,(H,17,18)/t13-/m1/s1. The lowest BCUT2D eigenvalue weighted by Gasteiger charge is -2.25. The molecule has 7 heteroatoms. The summed E-state index contributed by atoms with van der Waals surface area (Å²) in [5.74, 6) is -1.52. The highest BCUT2D eigenvalue weighted by Gasteiger charge is 2.30. The number of benzene rings is 1. The van der Waals surface area contributed by atoms with Crippen molar-refractivity contribution < 1.29 is 18.3 Å². The molecule has 0 amide bonds. The molecule has 0 aliphatic rings. The van der Waals surface area contributed by atoms with Crippen LogP contribution in [0.25, 0.3) is 0 Å². The van der Waals surface area contributed by atoms with Crippen molar-refractivity contribution in [3.8, 4) is 0 Å². The number of hydrogen-bond donors (Lipinski definition) is 2. The SMILES string of the molecule is CCN(Cc1ccccc1)S(=O)(=O)N[C@@H](C(=O)O)C(C)C. The van der Waals surface area contributed by atoms with E-state index in [4.69, 9.17) is 5.11 Å². The van der Waals surface area contributed by atoms with Gasteiger partial charge in [0.2, 0.25) is 0 Å². The van der Waals surface area contributed by atoms with Crippen molar-refractivity contribution in [3.63, 3.8) is 0 Å². The lowest BCUT2D eigenvalue weighted by Crippen LogP contribution is -2.50. The number of hydrogen-bond acceptors (Lipinski definition) is 3. The molecule has 1 atom stereocenters. The fourth-order valence-corrected chi connectivity index (χ4v) is 3.36. The van der Waals surface area contributed by atoms with E-state index in [0.29, 0.717) is 0 Å². The molecule has 0 fully saturated rings. The van der Waals surface area contributed by atoms with Crippen molar-refractivity contribution in [2.75, 3.05) is 6.54 Å². The first-order valence-corrected chi connectivity index (χ1v) is 8.26. The van der Waals surface area contributed by atoms with Crippen molar-refractivity contribution in [2.45, 2.75) is 33.4 Å². The second-order valence-corrected chi connectivity index (χ2v) is 6.80. The first kappa shape index (κ1) is 17.6. The van der Waals surface area contributed by atoms with Crippen molar-refractivity contribution in [3.05, 3.63) is 35.9 Å². The quantitative estimate of drug-likeness (QED) is 0.760. The first-order chi connectivity index (χ1) is 9.77. The molecule has 21 heavy (non-hydrogen) atoms. The minimum atomic E-state index is -3.86. The van der Waals surface area contributed by atoms with Crippen LogP contribution in [0.15, 0.2) is 30.3 Å². The smallest absolute Gasteiger partial charge is 0.322 e. The van der Waals surface area contributed by atoms with Gasteiger partial charge in [0.05, 0.1) is 0 Å². The number of nitrogens with one attached hydrogen (secondary N) is 1. The largest absolute Gasteiger partial charge is 0.480 e. The molecule has 0 saturated carbocycles. The summed E-state index contributed by atoms with van der Waals surface area (Å²) < 4.78 is 28.2. The number of carboxylic acids is 1. The minimum Gasteiger partial charge on any atom is -0.480 e. The molecule has 118 valence electrons. The van der Waals surface area contributed by atoms with Crippen molar-refractivity contribution >= 4 is 16.2 Å². The van der Waals surface area contributed by atoms with Crippen LogP contribution in [-0.4, -0.2) is 36.4 Å². The Morgan fingerprint density at radius 1 is 1.29 bits per heavy atom.